The van der Waals surface area contributed by atoms with Gasteiger partial charge in [0.15, 0.2) is 0 Å². The monoisotopic (exact) mass is 311 g/mol. The Labute approximate surface area is 114 Å². The van der Waals surface area contributed by atoms with Crippen molar-refractivity contribution >= 4 is 10.9 Å². The predicted molar refractivity (Wildman–Crippen MR) is 61.4 cm³/mol. The molecule has 0 saturated carbocycles. The zero-order valence-electron chi connectivity index (χ0n) is 10.5. The first-order chi connectivity index (χ1) is 9.48. The molecular formula is C13H8F7N. The molecule has 0 aliphatic carbocycles. The molecule has 0 atom stereocenters. The molecule has 0 spiro atoms. The van der Waals surface area contributed by atoms with Crippen molar-refractivity contribution in [2.24, 2.45) is 0 Å². The lowest BCUT2D eigenvalue weighted by Crippen LogP contribution is -2.50. The lowest BCUT2D eigenvalue weighted by Gasteiger charge is -2.29. The summed E-state index contributed by atoms with van der Waals surface area (Å²) in [7, 11) is 0. The van der Waals surface area contributed by atoms with Crippen molar-refractivity contribution in [3.63, 3.8) is 0 Å². The van der Waals surface area contributed by atoms with Crippen LogP contribution in [-0.2, 0) is 5.92 Å². The summed E-state index contributed by atoms with van der Waals surface area (Å²) < 4.78 is 90.8. The van der Waals surface area contributed by atoms with Crippen LogP contribution in [0.2, 0.25) is 0 Å². The van der Waals surface area contributed by atoms with E-state index in [-0.39, 0.29) is 11.2 Å². The number of benzene rings is 1. The molecule has 0 radical (unpaired) electrons. The van der Waals surface area contributed by atoms with Crippen molar-refractivity contribution in [1.29, 1.82) is 0 Å². The number of nitrogens with zero attached hydrogens (tertiary/aromatic N) is 1. The van der Waals surface area contributed by atoms with Crippen LogP contribution in [0.15, 0.2) is 30.3 Å². The highest BCUT2D eigenvalue weighted by Gasteiger charge is 2.73. The summed E-state index contributed by atoms with van der Waals surface area (Å²) in [6.45, 7) is 1.23. The summed E-state index contributed by atoms with van der Waals surface area (Å²) in [6, 6.07) is 5.50. The summed E-state index contributed by atoms with van der Waals surface area (Å²) in [5, 5.41) is -0.447. The van der Waals surface area contributed by atoms with E-state index in [0.717, 1.165) is 6.07 Å². The first-order valence-electron chi connectivity index (χ1n) is 5.67. The maximum Gasteiger partial charge on any atom is 0.460 e. The summed E-state index contributed by atoms with van der Waals surface area (Å²) in [5.74, 6) is -11.6. The molecule has 0 fully saturated rings. The van der Waals surface area contributed by atoms with Crippen molar-refractivity contribution in [1.82, 2.24) is 4.98 Å². The SMILES string of the molecule is Cc1cc(C(F)(F)C(F)(F)C(F)(F)F)c2ccccc2n1. The van der Waals surface area contributed by atoms with Gasteiger partial charge in [-0.1, -0.05) is 18.2 Å². The first kappa shape index (κ1) is 15.5. The lowest BCUT2D eigenvalue weighted by molar-refractivity contribution is -0.359. The molecule has 21 heavy (non-hydrogen) atoms. The van der Waals surface area contributed by atoms with Crippen LogP contribution in [0.5, 0.6) is 0 Å². The molecule has 0 bridgehead atoms. The topological polar surface area (TPSA) is 12.9 Å². The second-order valence-electron chi connectivity index (χ2n) is 4.47. The minimum Gasteiger partial charge on any atom is -0.253 e. The molecule has 1 aromatic heterocycles. The molecular weight excluding hydrogens is 303 g/mol. The van der Waals surface area contributed by atoms with Crippen LogP contribution in [0.4, 0.5) is 30.7 Å². The Morgan fingerprint density at radius 3 is 2.05 bits per heavy atom. The second kappa shape index (κ2) is 4.57. The van der Waals surface area contributed by atoms with Gasteiger partial charge in [0.25, 0.3) is 0 Å². The van der Waals surface area contributed by atoms with Crippen LogP contribution < -0.4 is 0 Å². The standard InChI is InChI=1S/C13H8F7N/c1-7-6-9(8-4-2-3-5-10(8)21-7)11(14,15)12(16,17)13(18,19)20/h2-6H,1H3. The Bertz CT molecular complexity index is 676. The van der Waals surface area contributed by atoms with Gasteiger partial charge in [0.05, 0.1) is 5.52 Å². The van der Waals surface area contributed by atoms with E-state index >= 15 is 0 Å². The van der Waals surface area contributed by atoms with E-state index in [1.807, 2.05) is 0 Å². The maximum absolute atomic E-state index is 13.8. The van der Waals surface area contributed by atoms with Crippen molar-refractivity contribution in [3.05, 3.63) is 41.6 Å². The maximum atomic E-state index is 13.8. The molecule has 1 heterocycles. The number of aryl methyl sites for hydroxylation is 1. The van der Waals surface area contributed by atoms with Gasteiger partial charge in [-0.05, 0) is 19.1 Å². The van der Waals surface area contributed by atoms with Crippen LogP contribution >= 0.6 is 0 Å². The Balaban J connectivity index is 2.76. The molecule has 0 N–H and O–H groups in total. The number of hydrogen-bond donors (Lipinski definition) is 0. The van der Waals surface area contributed by atoms with Crippen molar-refractivity contribution in [2.45, 2.75) is 24.9 Å². The fourth-order valence-corrected chi connectivity index (χ4v) is 1.91. The minimum atomic E-state index is -6.37. The van der Waals surface area contributed by atoms with Gasteiger partial charge in [0.2, 0.25) is 0 Å². The molecule has 0 saturated heterocycles. The van der Waals surface area contributed by atoms with E-state index in [2.05, 4.69) is 4.98 Å². The lowest BCUT2D eigenvalue weighted by atomic mass is 9.97. The third-order valence-electron chi connectivity index (χ3n) is 2.93. The van der Waals surface area contributed by atoms with Gasteiger partial charge in [-0.25, -0.2) is 0 Å². The van der Waals surface area contributed by atoms with E-state index < -0.39 is 29.0 Å². The highest BCUT2D eigenvalue weighted by Crippen LogP contribution is 2.52. The van der Waals surface area contributed by atoms with Crippen molar-refractivity contribution in [2.75, 3.05) is 0 Å². The molecule has 8 heteroatoms. The Hall–Kier alpha value is -1.86. The van der Waals surface area contributed by atoms with Crippen LogP contribution in [-0.4, -0.2) is 17.1 Å². The highest BCUT2D eigenvalue weighted by atomic mass is 19.4. The van der Waals surface area contributed by atoms with Gasteiger partial charge < -0.3 is 0 Å². The van der Waals surface area contributed by atoms with Crippen LogP contribution in [0.25, 0.3) is 10.9 Å². The van der Waals surface area contributed by atoms with Gasteiger partial charge in [-0.3, -0.25) is 4.98 Å². The van der Waals surface area contributed by atoms with Gasteiger partial charge in [-0.15, -0.1) is 0 Å². The number of halogens is 7. The van der Waals surface area contributed by atoms with Crippen LogP contribution in [0.3, 0.4) is 0 Å². The number of alkyl halides is 7. The van der Waals surface area contributed by atoms with E-state index in [0.29, 0.717) is 6.07 Å². The van der Waals surface area contributed by atoms with Crippen molar-refractivity contribution in [3.8, 4) is 0 Å². The largest absolute Gasteiger partial charge is 0.460 e. The quantitative estimate of drug-likeness (QED) is 0.724. The average molecular weight is 311 g/mol. The summed E-state index contributed by atoms with van der Waals surface area (Å²) in [5.41, 5.74) is -1.56. The van der Waals surface area contributed by atoms with Gasteiger partial charge in [0.1, 0.15) is 0 Å². The van der Waals surface area contributed by atoms with Crippen molar-refractivity contribution < 1.29 is 30.7 Å². The highest BCUT2D eigenvalue weighted by molar-refractivity contribution is 5.83. The third kappa shape index (κ3) is 2.32. The normalized spacial score (nSPS) is 13.7. The molecule has 2 rings (SSSR count). The number of hydrogen-bond acceptors (Lipinski definition) is 1. The Morgan fingerprint density at radius 1 is 0.905 bits per heavy atom. The Morgan fingerprint density at radius 2 is 1.48 bits per heavy atom. The van der Waals surface area contributed by atoms with E-state index in [9.17, 15) is 30.7 Å². The molecule has 1 aromatic carbocycles. The van der Waals surface area contributed by atoms with Crippen LogP contribution in [0.1, 0.15) is 11.3 Å². The number of aromatic nitrogens is 1. The zero-order chi connectivity index (χ0) is 16.1. The smallest absolute Gasteiger partial charge is 0.253 e. The molecule has 1 nitrogen and oxygen atoms in total. The predicted octanol–water partition coefficient (Wildman–Crippen LogP) is 4.83. The number of pyridine rings is 1. The third-order valence-corrected chi connectivity index (χ3v) is 2.93. The molecule has 0 aliphatic rings. The summed E-state index contributed by atoms with van der Waals surface area (Å²) >= 11 is 0. The fourth-order valence-electron chi connectivity index (χ4n) is 1.91. The number of rotatable bonds is 2. The summed E-state index contributed by atoms with van der Waals surface area (Å²) in [4.78, 5) is 3.83. The summed E-state index contributed by atoms with van der Waals surface area (Å²) in [6.07, 6.45) is -6.37. The van der Waals surface area contributed by atoms with E-state index in [4.69, 9.17) is 0 Å². The fraction of sp³-hybridized carbons (Fsp3) is 0.308. The molecule has 0 unspecified atom stereocenters. The first-order valence-corrected chi connectivity index (χ1v) is 5.67. The van der Waals surface area contributed by atoms with Gasteiger partial charge in [0, 0.05) is 16.6 Å². The van der Waals surface area contributed by atoms with Gasteiger partial charge >= 0.3 is 18.0 Å². The average Bonchev–Trinajstić information content (AvgIpc) is 2.36. The number of fused-ring (bicyclic) bond motifs is 1. The molecule has 114 valence electrons. The minimum absolute atomic E-state index is 0.0786. The van der Waals surface area contributed by atoms with E-state index in [1.165, 1.54) is 25.1 Å². The molecule has 2 aromatic rings. The zero-order valence-corrected chi connectivity index (χ0v) is 10.5. The number of para-hydroxylation sites is 1. The Kier molecular flexibility index (Phi) is 3.38. The van der Waals surface area contributed by atoms with Gasteiger partial charge in [-0.2, -0.15) is 30.7 Å². The van der Waals surface area contributed by atoms with E-state index in [1.54, 1.807) is 0 Å². The second-order valence-corrected chi connectivity index (χ2v) is 4.47. The van der Waals surface area contributed by atoms with Crippen LogP contribution in [0, 0.1) is 6.92 Å². The molecule has 0 amide bonds. The molecule has 0 aliphatic heterocycles.